The monoisotopic (exact) mass is 324 g/mol. The maximum Gasteiger partial charge on any atom is 0.124 e. The van der Waals surface area contributed by atoms with E-state index in [1.54, 1.807) is 0 Å². The fraction of sp³-hybridized carbons (Fsp3) is 0.450. The minimum absolute atomic E-state index is 0.567. The van der Waals surface area contributed by atoms with Crippen LogP contribution in [0.3, 0.4) is 0 Å². The number of piperidine rings is 1. The second-order valence-electron chi connectivity index (χ2n) is 6.93. The Labute approximate surface area is 145 Å². The Kier molecular flexibility index (Phi) is 5.48. The normalized spacial score (nSPS) is 16.6. The van der Waals surface area contributed by atoms with Crippen LogP contribution >= 0.6 is 0 Å². The third-order valence-corrected chi connectivity index (χ3v) is 5.02. The Hall–Kier alpha value is -1.91. The van der Waals surface area contributed by atoms with Gasteiger partial charge in [-0.05, 0) is 64.1 Å². The molecule has 24 heavy (non-hydrogen) atoms. The minimum Gasteiger partial charge on any atom is -0.384 e. The summed E-state index contributed by atoms with van der Waals surface area (Å²) in [6.07, 6.45) is 3.68. The van der Waals surface area contributed by atoms with Gasteiger partial charge in [-0.2, -0.15) is 0 Å². The number of anilines is 1. The fourth-order valence-electron chi connectivity index (χ4n) is 3.40. The Bertz CT molecular complexity index is 643. The van der Waals surface area contributed by atoms with E-state index in [1.807, 2.05) is 18.2 Å². The number of nitrogens with zero attached hydrogens (tertiary/aromatic N) is 3. The van der Waals surface area contributed by atoms with Gasteiger partial charge in [0.25, 0.3) is 0 Å². The predicted molar refractivity (Wildman–Crippen MR) is 101 cm³/mol. The molecule has 0 spiro atoms. The second kappa shape index (κ2) is 7.77. The van der Waals surface area contributed by atoms with Gasteiger partial charge in [-0.25, -0.2) is 4.98 Å². The molecule has 1 fully saturated rings. The molecule has 2 heterocycles. The Morgan fingerprint density at radius 1 is 1.08 bits per heavy atom. The molecule has 1 aromatic heterocycles. The van der Waals surface area contributed by atoms with Crippen molar-refractivity contribution in [2.75, 3.05) is 39.5 Å². The molecule has 0 amide bonds. The van der Waals surface area contributed by atoms with Crippen molar-refractivity contribution in [2.45, 2.75) is 25.3 Å². The van der Waals surface area contributed by atoms with Gasteiger partial charge in [0, 0.05) is 18.2 Å². The van der Waals surface area contributed by atoms with Gasteiger partial charge in [-0.1, -0.05) is 30.3 Å². The maximum atomic E-state index is 5.76. The second-order valence-corrected chi connectivity index (χ2v) is 6.93. The Morgan fingerprint density at radius 2 is 1.79 bits per heavy atom. The Morgan fingerprint density at radius 3 is 2.42 bits per heavy atom. The number of nitrogens with two attached hydrogens (primary N) is 1. The highest BCUT2D eigenvalue weighted by atomic mass is 15.2. The number of pyridine rings is 1. The summed E-state index contributed by atoms with van der Waals surface area (Å²) in [6, 6.07) is 15.2. The molecule has 1 aromatic carbocycles. The quantitative estimate of drug-likeness (QED) is 0.918. The molecule has 0 saturated carbocycles. The van der Waals surface area contributed by atoms with E-state index in [-0.39, 0.29) is 0 Å². The van der Waals surface area contributed by atoms with Crippen LogP contribution in [0.25, 0.3) is 11.3 Å². The lowest BCUT2D eigenvalue weighted by molar-refractivity contribution is 0.146. The summed E-state index contributed by atoms with van der Waals surface area (Å²) in [4.78, 5) is 9.33. The van der Waals surface area contributed by atoms with Crippen molar-refractivity contribution in [3.63, 3.8) is 0 Å². The summed E-state index contributed by atoms with van der Waals surface area (Å²) < 4.78 is 0. The summed E-state index contributed by atoms with van der Waals surface area (Å²) >= 11 is 0. The van der Waals surface area contributed by atoms with Crippen LogP contribution in [0.5, 0.6) is 0 Å². The van der Waals surface area contributed by atoms with Gasteiger partial charge >= 0.3 is 0 Å². The van der Waals surface area contributed by atoms with Crippen molar-refractivity contribution < 1.29 is 0 Å². The zero-order valence-corrected chi connectivity index (χ0v) is 14.8. The van der Waals surface area contributed by atoms with Crippen LogP contribution < -0.4 is 5.73 Å². The molecule has 0 unspecified atom stereocenters. The van der Waals surface area contributed by atoms with Crippen LogP contribution in [-0.4, -0.2) is 54.6 Å². The average molecular weight is 324 g/mol. The van der Waals surface area contributed by atoms with E-state index in [1.165, 1.54) is 31.5 Å². The lowest BCUT2D eigenvalue weighted by Gasteiger charge is -2.35. The van der Waals surface area contributed by atoms with Crippen LogP contribution in [-0.2, 0) is 6.42 Å². The largest absolute Gasteiger partial charge is 0.384 e. The van der Waals surface area contributed by atoms with Gasteiger partial charge in [0.05, 0.1) is 5.69 Å². The molecule has 1 aliphatic heterocycles. The van der Waals surface area contributed by atoms with E-state index in [9.17, 15) is 0 Å². The highest BCUT2D eigenvalue weighted by Gasteiger charge is 2.19. The molecule has 0 aliphatic carbocycles. The SMILES string of the molecule is CN(C)C1CCN(CCc2ccc(-c3cccc(N)n3)cc2)CC1. The van der Waals surface area contributed by atoms with Crippen molar-refractivity contribution in [2.24, 2.45) is 0 Å². The van der Waals surface area contributed by atoms with Gasteiger partial charge in [0.1, 0.15) is 5.82 Å². The standard InChI is InChI=1S/C20H28N4/c1-23(2)18-11-14-24(15-12-18)13-10-16-6-8-17(9-7-16)19-4-3-5-20(21)22-19/h3-9,18H,10-15H2,1-2H3,(H2,21,22). The molecule has 0 radical (unpaired) electrons. The number of nitrogen functional groups attached to an aromatic ring is 1. The minimum atomic E-state index is 0.567. The first-order valence-electron chi connectivity index (χ1n) is 8.82. The predicted octanol–water partition coefficient (Wildman–Crippen LogP) is 2.90. The number of benzene rings is 1. The fourth-order valence-corrected chi connectivity index (χ4v) is 3.40. The van der Waals surface area contributed by atoms with E-state index in [4.69, 9.17) is 5.73 Å². The summed E-state index contributed by atoms with van der Waals surface area (Å²) in [7, 11) is 4.38. The molecular formula is C20H28N4. The van der Waals surface area contributed by atoms with Crippen LogP contribution in [0.4, 0.5) is 5.82 Å². The van der Waals surface area contributed by atoms with E-state index >= 15 is 0 Å². The first-order valence-corrected chi connectivity index (χ1v) is 8.82. The zero-order valence-electron chi connectivity index (χ0n) is 14.8. The first-order chi connectivity index (χ1) is 11.6. The van der Waals surface area contributed by atoms with Crippen molar-refractivity contribution in [1.82, 2.24) is 14.8 Å². The summed E-state index contributed by atoms with van der Waals surface area (Å²) in [5.41, 5.74) is 9.21. The number of likely N-dealkylation sites (tertiary alicyclic amines) is 1. The summed E-state index contributed by atoms with van der Waals surface area (Å²) in [6.45, 7) is 3.58. The van der Waals surface area contributed by atoms with Crippen LogP contribution in [0.1, 0.15) is 18.4 Å². The van der Waals surface area contributed by atoms with E-state index in [0.29, 0.717) is 5.82 Å². The van der Waals surface area contributed by atoms with Crippen molar-refractivity contribution >= 4 is 5.82 Å². The van der Waals surface area contributed by atoms with Gasteiger partial charge in [0.15, 0.2) is 0 Å². The molecule has 128 valence electrons. The molecule has 2 aromatic rings. The smallest absolute Gasteiger partial charge is 0.124 e. The summed E-state index contributed by atoms with van der Waals surface area (Å²) in [5.74, 6) is 0.567. The van der Waals surface area contributed by atoms with Crippen molar-refractivity contribution in [3.05, 3.63) is 48.0 Å². The van der Waals surface area contributed by atoms with Crippen LogP contribution in [0.2, 0.25) is 0 Å². The topological polar surface area (TPSA) is 45.4 Å². The third kappa shape index (κ3) is 4.34. The number of rotatable bonds is 5. The van der Waals surface area contributed by atoms with Gasteiger partial charge in [-0.3, -0.25) is 0 Å². The molecular weight excluding hydrogens is 296 g/mol. The molecule has 3 rings (SSSR count). The van der Waals surface area contributed by atoms with Gasteiger partial charge in [0.2, 0.25) is 0 Å². The molecule has 4 nitrogen and oxygen atoms in total. The van der Waals surface area contributed by atoms with Crippen molar-refractivity contribution in [1.29, 1.82) is 0 Å². The molecule has 1 saturated heterocycles. The summed E-state index contributed by atoms with van der Waals surface area (Å²) in [5, 5.41) is 0. The van der Waals surface area contributed by atoms with Crippen molar-refractivity contribution in [3.8, 4) is 11.3 Å². The number of hydrogen-bond donors (Lipinski definition) is 1. The van der Waals surface area contributed by atoms with Crippen LogP contribution in [0, 0.1) is 0 Å². The van der Waals surface area contributed by atoms with E-state index < -0.39 is 0 Å². The number of aromatic nitrogens is 1. The average Bonchev–Trinajstić information content (AvgIpc) is 2.61. The first kappa shape index (κ1) is 16.9. The lowest BCUT2D eigenvalue weighted by atomic mass is 10.0. The maximum absolute atomic E-state index is 5.76. The lowest BCUT2D eigenvalue weighted by Crippen LogP contribution is -2.42. The molecule has 1 aliphatic rings. The Balaban J connectivity index is 1.52. The zero-order chi connectivity index (χ0) is 16.9. The highest BCUT2D eigenvalue weighted by molar-refractivity contribution is 5.61. The molecule has 2 N–H and O–H groups in total. The third-order valence-electron chi connectivity index (χ3n) is 5.02. The number of hydrogen-bond acceptors (Lipinski definition) is 4. The molecule has 0 atom stereocenters. The van der Waals surface area contributed by atoms with Gasteiger partial charge < -0.3 is 15.5 Å². The van der Waals surface area contributed by atoms with E-state index in [2.05, 4.69) is 53.1 Å². The van der Waals surface area contributed by atoms with Gasteiger partial charge in [-0.15, -0.1) is 0 Å². The molecule has 0 bridgehead atoms. The van der Waals surface area contributed by atoms with E-state index in [0.717, 1.165) is 30.3 Å². The van der Waals surface area contributed by atoms with Crippen LogP contribution in [0.15, 0.2) is 42.5 Å². The highest BCUT2D eigenvalue weighted by Crippen LogP contribution is 2.19. The molecule has 4 heteroatoms.